The molecule has 4 heterocycles. The van der Waals surface area contributed by atoms with Crippen molar-refractivity contribution in [3.05, 3.63) is 0 Å². The number of carbonyl (C=O) groups excluding carboxylic acids is 1. The fourth-order valence-electron chi connectivity index (χ4n) is 5.71. The Labute approximate surface area is 468 Å². The van der Waals surface area contributed by atoms with Crippen molar-refractivity contribution in [2.75, 3.05) is 150 Å². The first-order valence-electron chi connectivity index (χ1n) is 25.9. The molecule has 70 heavy (non-hydrogen) atoms. The van der Waals surface area contributed by atoms with E-state index in [9.17, 15) is 4.79 Å². The molecule has 4 aliphatic heterocycles. The van der Waals surface area contributed by atoms with Crippen molar-refractivity contribution < 1.29 is 31.2 Å². The van der Waals surface area contributed by atoms with E-state index in [1.807, 2.05) is 58.8 Å². The zero-order valence-corrected chi connectivity index (χ0v) is 55.8. The highest BCUT2D eigenvalue weighted by Gasteiger charge is 2.32. The number of thioether (sulfide) groups is 6. The summed E-state index contributed by atoms with van der Waals surface area (Å²) in [7, 11) is 12.3. The summed E-state index contributed by atoms with van der Waals surface area (Å²) in [6.07, 6.45) is 4.86. The first kappa shape index (κ1) is 75.8. The highest BCUT2D eigenvalue weighted by molar-refractivity contribution is 8.01. The van der Waals surface area contributed by atoms with Gasteiger partial charge in [-0.1, -0.05) is 136 Å². The number of methoxy groups -OCH3 is 1. The van der Waals surface area contributed by atoms with Gasteiger partial charge in [-0.2, -0.15) is 0 Å². The van der Waals surface area contributed by atoms with E-state index >= 15 is 0 Å². The summed E-state index contributed by atoms with van der Waals surface area (Å²) in [5, 5.41) is 3.36. The number of likely N-dealkylation sites (tertiary alicyclic amines) is 2. The van der Waals surface area contributed by atoms with E-state index in [4.69, 9.17) is 9.47 Å². The predicted octanol–water partition coefficient (Wildman–Crippen LogP) is 9.10. The summed E-state index contributed by atoms with van der Waals surface area (Å²) < 4.78 is 13.4. The topological polar surface area (TPSA) is 63.8 Å². The number of hydrogen-bond donors (Lipinski definition) is 1. The smallest absolute Gasteiger partial charge is 0.323 e. The number of nitrogens with zero attached hydrogens (tertiary/aromatic N) is 6. The van der Waals surface area contributed by atoms with Crippen LogP contribution in [0, 0.1) is 0 Å². The van der Waals surface area contributed by atoms with E-state index in [0.29, 0.717) is 23.7 Å². The van der Waals surface area contributed by atoms with E-state index in [0.717, 1.165) is 80.9 Å². The molecule has 0 radical (unpaired) electrons. The molecule has 0 bridgehead atoms. The van der Waals surface area contributed by atoms with E-state index in [1.165, 1.54) is 63.8 Å². The van der Waals surface area contributed by atoms with Crippen molar-refractivity contribution >= 4 is 76.5 Å². The Bertz CT molecular complexity index is 1210. The van der Waals surface area contributed by atoms with Crippen LogP contribution in [0.25, 0.3) is 0 Å². The molecule has 1 unspecified atom stereocenters. The van der Waals surface area contributed by atoms with E-state index < -0.39 is 0 Å². The summed E-state index contributed by atoms with van der Waals surface area (Å²) >= 11 is 12.0. The summed E-state index contributed by atoms with van der Waals surface area (Å²) in [6.45, 7) is 53.0. The number of hydrogen-bond acceptors (Lipinski definition) is 15. The zero-order valence-electron chi connectivity index (χ0n) is 50.2. The van der Waals surface area contributed by atoms with Crippen LogP contribution in [0.1, 0.15) is 150 Å². The molecule has 424 valence electrons. The number of halogens is 1. The minimum Gasteiger partial charge on any atom is -1.00 e. The van der Waals surface area contributed by atoms with Gasteiger partial charge >= 0.3 is 5.97 Å². The Morgan fingerprint density at radius 3 is 1.26 bits per heavy atom. The standard InChI is InChI=1S/C11H21NO2S.C9H20N2S.C9H19NOS.C9H19NS.C8H20NS.C7H17NS.ClH/c1-11(2,3)15-8-12-7-5-6-9(12)10(13)14-4;1-9(2,3)12-8-11-6-4-10-5-7-11;1-9(2,3)12-8-10-4-6-11-7-5-10;1-9(2,3)11-8-10-6-4-5-7-10;1-8(2,3)10-7-9(4,5)6;1-7(2,3)9-6-8(4)5;/h9H,5-8H2,1-4H3;10H,4-8H2,1-3H3;4-8H2,1-3H3;4-8H2,1-3H3;7H2,1-6H3;6H2,1-5H3;1H/q;;;;+1;;/p-1. The number of ether oxygens (including phenoxy) is 2. The van der Waals surface area contributed by atoms with Gasteiger partial charge in [-0.3, -0.25) is 24.4 Å². The van der Waals surface area contributed by atoms with Crippen LogP contribution in [0.2, 0.25) is 0 Å². The summed E-state index contributed by atoms with van der Waals surface area (Å²) in [6, 6.07) is -0.00940. The lowest BCUT2D eigenvalue weighted by Crippen LogP contribution is -3.00. The Morgan fingerprint density at radius 2 is 0.929 bits per heavy atom. The highest BCUT2D eigenvalue weighted by Crippen LogP contribution is 2.29. The molecule has 0 spiro atoms. The first-order chi connectivity index (χ1) is 31.3. The molecular formula is C53H116ClN7O3S6. The third kappa shape index (κ3) is 54.3. The molecule has 17 heteroatoms. The van der Waals surface area contributed by atoms with Gasteiger partial charge in [-0.05, 0) is 59.4 Å². The largest absolute Gasteiger partial charge is 1.00 e. The molecule has 4 aliphatic rings. The SMILES string of the molecule is CC(C)(C)SCN1CCCC1.CC(C)(C)SCN1CCNCC1.CC(C)(C)SCN1CCOCC1.CC(C)(C)SC[N+](C)(C)C.CN(C)CSC(C)(C)C.COC(=O)C1CCCN1CSC(C)(C)C.[Cl-]. The van der Waals surface area contributed by atoms with Gasteiger partial charge in [-0.25, -0.2) is 0 Å². The predicted molar refractivity (Wildman–Crippen MR) is 324 cm³/mol. The third-order valence-corrected chi connectivity index (χ3v) is 18.4. The fourth-order valence-corrected chi connectivity index (χ4v) is 10.5. The summed E-state index contributed by atoms with van der Waals surface area (Å²) in [4.78, 5) is 23.4. The molecular weight excluding hydrogens is 1010 g/mol. The Kier molecular flexibility index (Phi) is 41.3. The Balaban J connectivity index is -0.000000773. The number of nitrogens with one attached hydrogen (secondary N) is 1. The van der Waals surface area contributed by atoms with Crippen LogP contribution in [0.3, 0.4) is 0 Å². The second kappa shape index (κ2) is 38.2. The Hall–Kier alpha value is 1.54. The van der Waals surface area contributed by atoms with E-state index in [1.54, 1.807) is 0 Å². The van der Waals surface area contributed by atoms with Crippen LogP contribution in [0.15, 0.2) is 0 Å². The minimum absolute atomic E-state index is 0. The van der Waals surface area contributed by atoms with Gasteiger partial charge in [0.05, 0.1) is 41.5 Å². The fraction of sp³-hybridized carbons (Fsp3) is 0.981. The molecule has 0 aromatic rings. The number of carbonyl (C=O) groups is 1. The molecule has 0 saturated carbocycles. The molecule has 4 fully saturated rings. The van der Waals surface area contributed by atoms with Gasteiger partial charge in [-0.15, -0.1) is 58.8 Å². The molecule has 1 N–H and O–H groups in total. The van der Waals surface area contributed by atoms with Gasteiger partial charge < -0.3 is 36.6 Å². The molecule has 10 nitrogen and oxygen atoms in total. The lowest BCUT2D eigenvalue weighted by molar-refractivity contribution is -0.857. The highest BCUT2D eigenvalue weighted by atomic mass is 35.5. The third-order valence-electron chi connectivity index (χ3n) is 9.69. The summed E-state index contributed by atoms with van der Waals surface area (Å²) in [5.74, 6) is 6.69. The molecule has 4 rings (SSSR count). The van der Waals surface area contributed by atoms with Gasteiger partial charge in [0.1, 0.15) is 11.9 Å². The maximum atomic E-state index is 11.5. The average Bonchev–Trinajstić information content (AvgIpc) is 3.92. The zero-order chi connectivity index (χ0) is 53.8. The number of piperazine rings is 1. The number of rotatable bonds is 13. The molecule has 0 aromatic carbocycles. The van der Waals surface area contributed by atoms with Crippen LogP contribution in [-0.4, -0.2) is 219 Å². The van der Waals surface area contributed by atoms with Crippen molar-refractivity contribution in [2.45, 2.75) is 185 Å². The molecule has 1 atom stereocenters. The minimum atomic E-state index is -0.0815. The van der Waals surface area contributed by atoms with Gasteiger partial charge in [0.2, 0.25) is 0 Å². The van der Waals surface area contributed by atoms with Crippen molar-refractivity contribution in [2.24, 2.45) is 0 Å². The van der Waals surface area contributed by atoms with Gasteiger partial charge in [0.15, 0.2) is 0 Å². The quantitative estimate of drug-likeness (QED) is 0.108. The second-order valence-electron chi connectivity index (χ2n) is 25.6. The van der Waals surface area contributed by atoms with E-state index in [2.05, 4.69) is 201 Å². The first-order valence-corrected chi connectivity index (χ1v) is 31.8. The van der Waals surface area contributed by atoms with Crippen LogP contribution in [0.4, 0.5) is 0 Å². The molecule has 0 aliphatic carbocycles. The molecule has 0 amide bonds. The maximum Gasteiger partial charge on any atom is 0.323 e. The van der Waals surface area contributed by atoms with Crippen LogP contribution < -0.4 is 17.7 Å². The lowest BCUT2D eigenvalue weighted by atomic mass is 10.2. The van der Waals surface area contributed by atoms with Crippen LogP contribution in [0.5, 0.6) is 0 Å². The monoisotopic (exact) mass is 1130 g/mol. The average molecular weight is 1130 g/mol. The van der Waals surface area contributed by atoms with Crippen LogP contribution in [-0.2, 0) is 14.3 Å². The second-order valence-corrected chi connectivity index (χ2v) is 36.2. The Morgan fingerprint density at radius 1 is 0.557 bits per heavy atom. The van der Waals surface area contributed by atoms with E-state index in [-0.39, 0.29) is 29.2 Å². The molecule has 4 saturated heterocycles. The lowest BCUT2D eigenvalue weighted by Gasteiger charge is -2.29. The summed E-state index contributed by atoms with van der Waals surface area (Å²) in [5.41, 5.74) is 0. The van der Waals surface area contributed by atoms with Crippen molar-refractivity contribution in [1.82, 2.24) is 29.8 Å². The van der Waals surface area contributed by atoms with Crippen LogP contribution >= 0.6 is 70.6 Å². The molecule has 0 aromatic heterocycles. The van der Waals surface area contributed by atoms with Crippen molar-refractivity contribution in [3.63, 3.8) is 0 Å². The van der Waals surface area contributed by atoms with Crippen molar-refractivity contribution in [1.29, 1.82) is 0 Å². The van der Waals surface area contributed by atoms with Gasteiger partial charge in [0.25, 0.3) is 0 Å². The maximum absolute atomic E-state index is 11.5. The van der Waals surface area contributed by atoms with Gasteiger partial charge in [0, 0.05) is 97.1 Å². The number of morpholine rings is 1. The van der Waals surface area contributed by atoms with Crippen molar-refractivity contribution in [3.8, 4) is 0 Å². The normalized spacial score (nSPS) is 19.1. The number of esters is 1. The number of quaternary nitrogens is 1.